The Bertz CT molecular complexity index is 1320. The molecule has 2 aliphatic carbocycles. The summed E-state index contributed by atoms with van der Waals surface area (Å²) in [6, 6.07) is 14.8. The molecule has 0 bridgehead atoms. The molecule has 0 radical (unpaired) electrons. The van der Waals surface area contributed by atoms with E-state index in [1.54, 1.807) is 34.8 Å². The first-order valence-electron chi connectivity index (χ1n) is 11.7. The number of hydrogen-bond donors (Lipinski definition) is 1. The molecule has 3 nitrogen and oxygen atoms in total. The zero-order chi connectivity index (χ0) is 22.4. The third kappa shape index (κ3) is 3.60. The normalized spacial score (nSPS) is 17.2. The Labute approximate surface area is 200 Å². The van der Waals surface area contributed by atoms with E-state index < -0.39 is 5.41 Å². The Morgan fingerprint density at radius 3 is 2.61 bits per heavy atom. The Balaban J connectivity index is 1.43. The van der Waals surface area contributed by atoms with E-state index in [0.29, 0.717) is 0 Å². The fourth-order valence-electron chi connectivity index (χ4n) is 5.49. The van der Waals surface area contributed by atoms with Gasteiger partial charge < -0.3 is 5.32 Å². The summed E-state index contributed by atoms with van der Waals surface area (Å²) in [5, 5.41) is 5.23. The van der Waals surface area contributed by atoms with Gasteiger partial charge in [0, 0.05) is 10.4 Å². The smallest absolute Gasteiger partial charge is 0.235 e. The average Bonchev–Trinajstić information content (AvgIpc) is 3.55. The van der Waals surface area contributed by atoms with Gasteiger partial charge in [0.2, 0.25) is 5.91 Å². The van der Waals surface area contributed by atoms with E-state index in [2.05, 4.69) is 11.4 Å². The largest absolute Gasteiger partial charge is 0.316 e. The van der Waals surface area contributed by atoms with Crippen LogP contribution in [0.15, 0.2) is 48.5 Å². The van der Waals surface area contributed by atoms with E-state index in [1.807, 2.05) is 24.3 Å². The SMILES string of the molecule is O=C(Nc1sc2c(c1-c1nc3ccccc3s1)CCCC2)C1(c2cccc(F)c2)CCCC1. The van der Waals surface area contributed by atoms with E-state index in [-0.39, 0.29) is 11.7 Å². The highest BCUT2D eigenvalue weighted by molar-refractivity contribution is 7.22. The Kier molecular flexibility index (Phi) is 5.30. The molecule has 2 heterocycles. The molecule has 1 N–H and O–H groups in total. The summed E-state index contributed by atoms with van der Waals surface area (Å²) in [4.78, 5) is 20.2. The van der Waals surface area contributed by atoms with Gasteiger partial charge in [-0.2, -0.15) is 0 Å². The molecule has 168 valence electrons. The first kappa shape index (κ1) is 21.0. The first-order chi connectivity index (χ1) is 16.1. The van der Waals surface area contributed by atoms with Crippen molar-refractivity contribution < 1.29 is 9.18 Å². The molecule has 0 atom stereocenters. The van der Waals surface area contributed by atoms with Gasteiger partial charge in [-0.15, -0.1) is 22.7 Å². The number of anilines is 1. The zero-order valence-corrected chi connectivity index (χ0v) is 20.0. The fraction of sp³-hybridized carbons (Fsp3) is 0.333. The number of rotatable bonds is 4. The number of aromatic nitrogens is 1. The molecule has 6 rings (SSSR count). The average molecular weight is 477 g/mol. The predicted molar refractivity (Wildman–Crippen MR) is 135 cm³/mol. The van der Waals surface area contributed by atoms with Crippen molar-refractivity contribution in [2.75, 3.05) is 5.32 Å². The van der Waals surface area contributed by atoms with Crippen LogP contribution in [-0.4, -0.2) is 10.9 Å². The van der Waals surface area contributed by atoms with Crippen LogP contribution in [0.5, 0.6) is 0 Å². The number of benzene rings is 2. The van der Waals surface area contributed by atoms with Gasteiger partial charge in [-0.25, -0.2) is 9.37 Å². The molecular formula is C27H25FN2OS2. The van der Waals surface area contributed by atoms with Crippen LogP contribution in [0.25, 0.3) is 20.8 Å². The van der Waals surface area contributed by atoms with Crippen molar-refractivity contribution in [1.82, 2.24) is 4.98 Å². The lowest BCUT2D eigenvalue weighted by molar-refractivity contribution is -0.121. The summed E-state index contributed by atoms with van der Waals surface area (Å²) in [7, 11) is 0. The van der Waals surface area contributed by atoms with Crippen molar-refractivity contribution >= 4 is 43.8 Å². The summed E-state index contributed by atoms with van der Waals surface area (Å²) >= 11 is 3.40. The van der Waals surface area contributed by atoms with Crippen LogP contribution in [0.2, 0.25) is 0 Å². The third-order valence-corrected chi connectivity index (χ3v) is 9.44. The van der Waals surface area contributed by atoms with Gasteiger partial charge in [0.05, 0.1) is 15.6 Å². The molecule has 2 aliphatic rings. The molecule has 0 aliphatic heterocycles. The molecule has 0 spiro atoms. The monoisotopic (exact) mass is 476 g/mol. The molecule has 4 aromatic rings. The minimum absolute atomic E-state index is 0.00782. The number of fused-ring (bicyclic) bond motifs is 2. The maximum absolute atomic E-state index is 14.1. The summed E-state index contributed by atoms with van der Waals surface area (Å²) < 4.78 is 15.2. The first-order valence-corrected chi connectivity index (χ1v) is 13.4. The van der Waals surface area contributed by atoms with Crippen molar-refractivity contribution in [3.63, 3.8) is 0 Å². The van der Waals surface area contributed by atoms with E-state index >= 15 is 0 Å². The number of nitrogens with zero attached hydrogens (tertiary/aromatic N) is 1. The molecule has 2 aromatic heterocycles. The number of thiophene rings is 1. The second kappa shape index (κ2) is 8.33. The third-order valence-electron chi connectivity index (χ3n) is 7.18. The number of amides is 1. The van der Waals surface area contributed by atoms with Gasteiger partial charge in [0.25, 0.3) is 0 Å². The van der Waals surface area contributed by atoms with Crippen LogP contribution in [0.3, 0.4) is 0 Å². The van der Waals surface area contributed by atoms with Gasteiger partial charge in [-0.1, -0.05) is 37.1 Å². The maximum Gasteiger partial charge on any atom is 0.235 e. The summed E-state index contributed by atoms with van der Waals surface area (Å²) in [5.41, 5.74) is 3.58. The lowest BCUT2D eigenvalue weighted by Gasteiger charge is -2.28. The van der Waals surface area contributed by atoms with Gasteiger partial charge in [0.15, 0.2) is 0 Å². The number of thiazole rings is 1. The Morgan fingerprint density at radius 1 is 0.970 bits per heavy atom. The second-order valence-corrected chi connectivity index (χ2v) is 11.3. The van der Waals surface area contributed by atoms with E-state index in [4.69, 9.17) is 4.98 Å². The molecule has 1 amide bonds. The Morgan fingerprint density at radius 2 is 1.79 bits per heavy atom. The highest BCUT2D eigenvalue weighted by Gasteiger charge is 2.43. The van der Waals surface area contributed by atoms with Crippen molar-refractivity contribution in [1.29, 1.82) is 0 Å². The van der Waals surface area contributed by atoms with Gasteiger partial charge in [0.1, 0.15) is 15.8 Å². The van der Waals surface area contributed by atoms with Gasteiger partial charge >= 0.3 is 0 Å². The molecule has 33 heavy (non-hydrogen) atoms. The van der Waals surface area contributed by atoms with Crippen LogP contribution in [-0.2, 0) is 23.1 Å². The number of aryl methyl sites for hydroxylation is 1. The summed E-state index contributed by atoms with van der Waals surface area (Å²) in [6.45, 7) is 0. The summed E-state index contributed by atoms with van der Waals surface area (Å²) in [5.74, 6) is -0.292. The van der Waals surface area contributed by atoms with Crippen LogP contribution in [0.1, 0.15) is 54.5 Å². The lowest BCUT2D eigenvalue weighted by Crippen LogP contribution is -2.38. The van der Waals surface area contributed by atoms with Crippen LogP contribution < -0.4 is 5.32 Å². The van der Waals surface area contributed by atoms with Crippen molar-refractivity contribution in [3.05, 3.63) is 70.4 Å². The second-order valence-electron chi connectivity index (χ2n) is 9.16. The predicted octanol–water partition coefficient (Wildman–Crippen LogP) is 7.49. The lowest BCUT2D eigenvalue weighted by atomic mass is 9.78. The minimum atomic E-state index is -0.669. The number of nitrogens with one attached hydrogen (secondary N) is 1. The highest BCUT2D eigenvalue weighted by atomic mass is 32.1. The van der Waals surface area contributed by atoms with Crippen molar-refractivity contribution in [2.45, 2.75) is 56.8 Å². The molecular weight excluding hydrogens is 451 g/mol. The fourth-order valence-corrected chi connectivity index (χ4v) is 7.89. The molecule has 1 saturated carbocycles. The van der Waals surface area contributed by atoms with E-state index in [0.717, 1.165) is 69.9 Å². The number of carbonyl (C=O) groups is 1. The molecule has 0 saturated heterocycles. The molecule has 0 unspecified atom stereocenters. The molecule has 1 fully saturated rings. The minimum Gasteiger partial charge on any atom is -0.316 e. The van der Waals surface area contributed by atoms with Gasteiger partial charge in [-0.05, 0) is 73.9 Å². The van der Waals surface area contributed by atoms with Crippen molar-refractivity contribution in [3.8, 4) is 10.6 Å². The quantitative estimate of drug-likeness (QED) is 0.331. The molecule has 2 aromatic carbocycles. The van der Waals surface area contributed by atoms with Crippen LogP contribution >= 0.6 is 22.7 Å². The number of carbonyl (C=O) groups excluding carboxylic acids is 1. The topological polar surface area (TPSA) is 42.0 Å². The van der Waals surface area contributed by atoms with Crippen LogP contribution in [0, 0.1) is 5.82 Å². The number of halogens is 1. The Hall–Kier alpha value is -2.57. The van der Waals surface area contributed by atoms with E-state index in [9.17, 15) is 9.18 Å². The van der Waals surface area contributed by atoms with Gasteiger partial charge in [-0.3, -0.25) is 4.79 Å². The number of hydrogen-bond acceptors (Lipinski definition) is 4. The highest BCUT2D eigenvalue weighted by Crippen LogP contribution is 2.48. The molecule has 6 heteroatoms. The van der Waals surface area contributed by atoms with E-state index in [1.165, 1.54) is 29.3 Å². The standard InChI is InChI=1S/C27H25FN2OS2/c28-18-9-7-8-17(16-18)27(14-5-6-15-27)26(31)30-25-23(19-10-1-3-12-21(19)32-25)24-29-20-11-2-4-13-22(20)33-24/h2,4,7-9,11,13,16H,1,3,5-6,10,12,14-15H2,(H,30,31). The maximum atomic E-state index is 14.1. The number of para-hydroxylation sites is 1. The van der Waals surface area contributed by atoms with Crippen LogP contribution in [0.4, 0.5) is 9.39 Å². The summed E-state index contributed by atoms with van der Waals surface area (Å²) in [6.07, 6.45) is 7.92. The zero-order valence-electron chi connectivity index (χ0n) is 18.3. The van der Waals surface area contributed by atoms with Crippen molar-refractivity contribution in [2.24, 2.45) is 0 Å².